The standard InChI is InChI=1S/C8H12/c1-2-3-5-8-6-4-7-8/h3,8H,1,4-7H2. The molecule has 0 radical (unpaired) electrons. The van der Waals surface area contributed by atoms with Crippen molar-refractivity contribution < 1.29 is 0 Å². The van der Waals surface area contributed by atoms with E-state index < -0.39 is 0 Å². The summed E-state index contributed by atoms with van der Waals surface area (Å²) < 4.78 is 0. The van der Waals surface area contributed by atoms with Crippen LogP contribution in [0.3, 0.4) is 0 Å². The van der Waals surface area contributed by atoms with E-state index in [0.29, 0.717) is 0 Å². The molecule has 0 aromatic heterocycles. The van der Waals surface area contributed by atoms with Crippen LogP contribution in [0.5, 0.6) is 0 Å². The van der Waals surface area contributed by atoms with Crippen LogP contribution in [0.4, 0.5) is 0 Å². The molecule has 1 rings (SSSR count). The van der Waals surface area contributed by atoms with Crippen LogP contribution in [0.15, 0.2) is 18.4 Å². The molecule has 0 atom stereocenters. The van der Waals surface area contributed by atoms with Crippen molar-refractivity contribution in [3.63, 3.8) is 0 Å². The molecule has 0 unspecified atom stereocenters. The lowest BCUT2D eigenvalue weighted by Crippen LogP contribution is -2.08. The van der Waals surface area contributed by atoms with Crippen molar-refractivity contribution in [2.24, 2.45) is 5.92 Å². The molecule has 0 saturated heterocycles. The molecule has 1 saturated carbocycles. The van der Waals surface area contributed by atoms with Gasteiger partial charge in [0.25, 0.3) is 0 Å². The van der Waals surface area contributed by atoms with E-state index in [-0.39, 0.29) is 0 Å². The van der Waals surface area contributed by atoms with Gasteiger partial charge < -0.3 is 0 Å². The van der Waals surface area contributed by atoms with Gasteiger partial charge in [-0.1, -0.05) is 25.8 Å². The van der Waals surface area contributed by atoms with Gasteiger partial charge in [0.1, 0.15) is 0 Å². The van der Waals surface area contributed by atoms with Crippen LogP contribution in [0, 0.1) is 5.92 Å². The van der Waals surface area contributed by atoms with Gasteiger partial charge in [-0.05, 0) is 18.4 Å². The second-order valence-corrected chi connectivity index (χ2v) is 2.44. The molecule has 8 heavy (non-hydrogen) atoms. The molecule has 0 aromatic rings. The Morgan fingerprint density at radius 3 is 2.75 bits per heavy atom. The Labute approximate surface area is 50.9 Å². The van der Waals surface area contributed by atoms with Gasteiger partial charge in [0.15, 0.2) is 0 Å². The second kappa shape index (κ2) is 2.74. The molecule has 0 aliphatic heterocycles. The van der Waals surface area contributed by atoms with Crippen molar-refractivity contribution in [2.45, 2.75) is 25.7 Å². The third-order valence-corrected chi connectivity index (χ3v) is 1.82. The molecule has 1 aliphatic carbocycles. The van der Waals surface area contributed by atoms with E-state index >= 15 is 0 Å². The van der Waals surface area contributed by atoms with Crippen molar-refractivity contribution in [1.82, 2.24) is 0 Å². The van der Waals surface area contributed by atoms with E-state index in [1.54, 1.807) is 0 Å². The topological polar surface area (TPSA) is 0 Å². The predicted octanol–water partition coefficient (Wildman–Crippen LogP) is 2.52. The highest BCUT2D eigenvalue weighted by molar-refractivity contribution is 4.82. The van der Waals surface area contributed by atoms with Gasteiger partial charge in [-0.15, -0.1) is 5.73 Å². The van der Waals surface area contributed by atoms with Gasteiger partial charge in [-0.2, -0.15) is 0 Å². The minimum absolute atomic E-state index is 0.976. The minimum atomic E-state index is 0.976. The fourth-order valence-electron chi connectivity index (χ4n) is 0.979. The normalized spacial score (nSPS) is 19.0. The van der Waals surface area contributed by atoms with Crippen LogP contribution in [-0.4, -0.2) is 0 Å². The first-order valence-electron chi connectivity index (χ1n) is 3.28. The third-order valence-electron chi connectivity index (χ3n) is 1.82. The van der Waals surface area contributed by atoms with Crippen LogP contribution in [-0.2, 0) is 0 Å². The summed E-state index contributed by atoms with van der Waals surface area (Å²) in [6, 6.07) is 0. The lowest BCUT2D eigenvalue weighted by Gasteiger charge is -2.22. The quantitative estimate of drug-likeness (QED) is 0.477. The molecule has 0 bridgehead atoms. The van der Waals surface area contributed by atoms with Gasteiger partial charge in [0.2, 0.25) is 0 Å². The van der Waals surface area contributed by atoms with Crippen molar-refractivity contribution in [1.29, 1.82) is 0 Å². The molecule has 1 fully saturated rings. The molecule has 0 spiro atoms. The highest BCUT2D eigenvalue weighted by atomic mass is 14.2. The monoisotopic (exact) mass is 108 g/mol. The van der Waals surface area contributed by atoms with E-state index in [2.05, 4.69) is 12.3 Å². The maximum atomic E-state index is 3.51. The van der Waals surface area contributed by atoms with E-state index in [0.717, 1.165) is 5.92 Å². The molecule has 0 aromatic carbocycles. The van der Waals surface area contributed by atoms with Gasteiger partial charge in [0, 0.05) is 0 Å². The first-order chi connectivity index (χ1) is 3.93. The highest BCUT2D eigenvalue weighted by Gasteiger charge is 2.14. The van der Waals surface area contributed by atoms with Crippen molar-refractivity contribution in [2.75, 3.05) is 0 Å². The molecular formula is C8H12. The van der Waals surface area contributed by atoms with Crippen LogP contribution >= 0.6 is 0 Å². The summed E-state index contributed by atoms with van der Waals surface area (Å²) in [5.74, 6) is 0.976. The highest BCUT2D eigenvalue weighted by Crippen LogP contribution is 2.29. The maximum absolute atomic E-state index is 3.51. The Morgan fingerprint density at radius 2 is 2.38 bits per heavy atom. The molecular weight excluding hydrogens is 96.1 g/mol. The summed E-state index contributed by atoms with van der Waals surface area (Å²) in [4.78, 5) is 0. The smallest absolute Gasteiger partial charge is 0.0246 e. The summed E-state index contributed by atoms with van der Waals surface area (Å²) in [5, 5.41) is 0. The average Bonchev–Trinajstić information content (AvgIpc) is 1.63. The molecule has 0 heteroatoms. The number of hydrogen-bond acceptors (Lipinski definition) is 0. The zero-order chi connectivity index (χ0) is 5.82. The second-order valence-electron chi connectivity index (χ2n) is 2.44. The molecule has 0 amide bonds. The molecule has 0 heterocycles. The van der Waals surface area contributed by atoms with Crippen LogP contribution in [0.2, 0.25) is 0 Å². The Morgan fingerprint density at radius 1 is 1.62 bits per heavy atom. The Kier molecular flexibility index (Phi) is 1.93. The van der Waals surface area contributed by atoms with Gasteiger partial charge in [-0.3, -0.25) is 0 Å². The van der Waals surface area contributed by atoms with Crippen molar-refractivity contribution in [3.05, 3.63) is 18.4 Å². The van der Waals surface area contributed by atoms with Crippen LogP contribution in [0.1, 0.15) is 25.7 Å². The molecule has 44 valence electrons. The Bertz CT molecular complexity index is 103. The SMILES string of the molecule is C=C=CCC1CCC1. The van der Waals surface area contributed by atoms with Gasteiger partial charge >= 0.3 is 0 Å². The molecule has 0 nitrogen and oxygen atoms in total. The van der Waals surface area contributed by atoms with Crippen molar-refractivity contribution in [3.8, 4) is 0 Å². The van der Waals surface area contributed by atoms with Crippen LogP contribution < -0.4 is 0 Å². The Balaban J connectivity index is 2.09. The zero-order valence-corrected chi connectivity index (χ0v) is 5.19. The van der Waals surface area contributed by atoms with E-state index in [4.69, 9.17) is 0 Å². The maximum Gasteiger partial charge on any atom is -0.0246 e. The average molecular weight is 108 g/mol. The molecule has 0 N–H and O–H groups in total. The van der Waals surface area contributed by atoms with E-state index in [1.165, 1.54) is 25.7 Å². The first kappa shape index (κ1) is 5.65. The summed E-state index contributed by atoms with van der Waals surface area (Å²) in [5.41, 5.74) is 2.79. The fourth-order valence-corrected chi connectivity index (χ4v) is 0.979. The predicted molar refractivity (Wildman–Crippen MR) is 35.7 cm³/mol. The number of hydrogen-bond donors (Lipinski definition) is 0. The summed E-state index contributed by atoms with van der Waals surface area (Å²) in [6.45, 7) is 3.51. The summed E-state index contributed by atoms with van der Waals surface area (Å²) in [7, 11) is 0. The largest absolute Gasteiger partial charge is 0.133 e. The lowest BCUT2D eigenvalue weighted by atomic mass is 9.83. The first-order valence-corrected chi connectivity index (χ1v) is 3.28. The summed E-state index contributed by atoms with van der Waals surface area (Å²) in [6.07, 6.45) is 7.55. The van der Waals surface area contributed by atoms with E-state index in [1.807, 2.05) is 6.08 Å². The van der Waals surface area contributed by atoms with Crippen molar-refractivity contribution >= 4 is 0 Å². The minimum Gasteiger partial charge on any atom is -0.133 e. The number of allylic oxidation sites excluding steroid dienone is 1. The zero-order valence-electron chi connectivity index (χ0n) is 5.19. The third kappa shape index (κ3) is 1.24. The number of rotatable bonds is 2. The lowest BCUT2D eigenvalue weighted by molar-refractivity contribution is 0.319. The molecule has 1 aliphatic rings. The fraction of sp³-hybridized carbons (Fsp3) is 0.625. The Hall–Kier alpha value is -0.480. The van der Waals surface area contributed by atoms with Gasteiger partial charge in [-0.25, -0.2) is 0 Å². The van der Waals surface area contributed by atoms with Crippen LogP contribution in [0.25, 0.3) is 0 Å². The summed E-state index contributed by atoms with van der Waals surface area (Å²) >= 11 is 0. The van der Waals surface area contributed by atoms with Gasteiger partial charge in [0.05, 0.1) is 0 Å². The van der Waals surface area contributed by atoms with E-state index in [9.17, 15) is 0 Å².